The molecule has 0 atom stereocenters. The van der Waals surface area contributed by atoms with Gasteiger partial charge in [-0.2, -0.15) is 0 Å². The van der Waals surface area contributed by atoms with Crippen molar-refractivity contribution in [3.05, 3.63) is 0 Å². The Morgan fingerprint density at radius 3 is 1.60 bits per heavy atom. The van der Waals surface area contributed by atoms with Crippen molar-refractivity contribution >= 4 is 15.7 Å². The molecular formula is HFGeKO2. The van der Waals surface area contributed by atoms with E-state index in [9.17, 15) is 0 Å². The van der Waals surface area contributed by atoms with E-state index in [1.165, 1.54) is 0 Å². The molecule has 1 radical (unpaired) electrons. The van der Waals surface area contributed by atoms with Gasteiger partial charge in [-0.15, -0.1) is 0 Å². The van der Waals surface area contributed by atoms with Crippen LogP contribution in [-0.2, 0) is 3.78 Å². The van der Waals surface area contributed by atoms with Gasteiger partial charge in [0.15, 0.2) is 0 Å². The molecule has 0 N–H and O–H groups in total. The van der Waals surface area contributed by atoms with E-state index in [1.807, 2.05) is 0 Å². The van der Waals surface area contributed by atoms with E-state index in [4.69, 9.17) is 7.91 Å². The molecule has 0 spiro atoms. The molecule has 0 fully saturated rings. The fourth-order valence-corrected chi connectivity index (χ4v) is 0. The normalized spacial score (nSPS) is 2.40. The molecule has 2 nitrogen and oxygen atoms in total. The monoisotopic (exact) mass is 165 g/mol. The third kappa shape index (κ3) is 26.9. The van der Waals surface area contributed by atoms with Gasteiger partial charge < -0.3 is 0 Å². The zero-order chi connectivity index (χ0) is 2.71. The molecule has 0 aliphatic heterocycles. The van der Waals surface area contributed by atoms with Crippen LogP contribution in [0.3, 0.4) is 0 Å². The molecule has 0 aliphatic rings. The molecule has 0 saturated heterocycles. The number of halogens is 1. The molecule has 0 aromatic carbocycles. The van der Waals surface area contributed by atoms with Crippen molar-refractivity contribution in [3.8, 4) is 0 Å². The van der Waals surface area contributed by atoms with Crippen LogP contribution < -0.4 is 55.5 Å². The second kappa shape index (κ2) is 17.2. The average Bonchev–Trinajstić information content (AvgIpc) is 0.918. The van der Waals surface area contributed by atoms with Gasteiger partial charge in [0.25, 0.3) is 0 Å². The van der Waals surface area contributed by atoms with E-state index >= 15 is 0 Å². The summed E-state index contributed by atoms with van der Waals surface area (Å²) in [5.41, 5.74) is 0. The molecule has 25 valence electrons. The van der Waals surface area contributed by atoms with Gasteiger partial charge in [-0.25, -0.2) is 0 Å². The van der Waals surface area contributed by atoms with Gasteiger partial charge in [-0.3, -0.25) is 0 Å². The van der Waals surface area contributed by atoms with Crippen LogP contribution in [0.2, 0.25) is 0 Å². The van der Waals surface area contributed by atoms with Gasteiger partial charge in [0.2, 0.25) is 0 Å². The summed E-state index contributed by atoms with van der Waals surface area (Å²) >= 11 is -2.19. The predicted octanol–water partition coefficient (Wildman–Crippen LogP) is -4.53. The maximum atomic E-state index is 8.53. The van der Waals surface area contributed by atoms with Crippen LogP contribution in [-0.4, -0.2) is 15.7 Å². The first-order chi connectivity index (χ1) is 1.41. The SMILES string of the molecule is [F].[K+].[O]=[GeH][O-]. The summed E-state index contributed by atoms with van der Waals surface area (Å²) in [5.74, 6) is 0. The van der Waals surface area contributed by atoms with Crippen LogP contribution in [0.4, 0.5) is 4.70 Å². The molecule has 5 heteroatoms. The van der Waals surface area contributed by atoms with Crippen LogP contribution in [0.15, 0.2) is 0 Å². The van der Waals surface area contributed by atoms with Crippen molar-refractivity contribution in [3.63, 3.8) is 0 Å². The molecule has 0 aliphatic carbocycles. The first-order valence-electron chi connectivity index (χ1n) is 0.471. The molecule has 0 rings (SSSR count). The summed E-state index contributed by atoms with van der Waals surface area (Å²) in [6.45, 7) is 0. The zero-order valence-electron chi connectivity index (χ0n) is 2.77. The Balaban J connectivity index is -0.0000000200. The second-order valence-electron chi connectivity index (χ2n) is 0.0962. The van der Waals surface area contributed by atoms with E-state index in [0.29, 0.717) is 0 Å². The maximum absolute atomic E-state index is 8.53. The summed E-state index contributed by atoms with van der Waals surface area (Å²) in [6, 6.07) is 0. The topological polar surface area (TPSA) is 40.1 Å². The average molecular weight is 164 g/mol. The quantitative estimate of drug-likeness (QED) is 0.338. The molecule has 0 aromatic rings. The Hall–Kier alpha value is 1.71. The molecule has 0 aromatic heterocycles. The fraction of sp³-hybridized carbons (Fsp3) is 0. The molecular weight excluding hydrogens is 163 g/mol. The van der Waals surface area contributed by atoms with Crippen LogP contribution in [0.25, 0.3) is 0 Å². The van der Waals surface area contributed by atoms with E-state index in [-0.39, 0.29) is 56.1 Å². The van der Waals surface area contributed by atoms with Crippen molar-refractivity contribution in [1.82, 2.24) is 0 Å². The molecule has 0 bridgehead atoms. The van der Waals surface area contributed by atoms with Crippen LogP contribution in [0, 0.1) is 0 Å². The molecule has 0 amide bonds. The number of hydrogen-bond acceptors (Lipinski definition) is 2. The predicted molar refractivity (Wildman–Crippen MR) is 8.94 cm³/mol. The fourth-order valence-electron chi connectivity index (χ4n) is 0. The molecule has 0 saturated carbocycles. The second-order valence-corrected chi connectivity index (χ2v) is 0.500. The van der Waals surface area contributed by atoms with Gasteiger partial charge >= 0.3 is 75.0 Å². The van der Waals surface area contributed by atoms with Crippen molar-refractivity contribution < 1.29 is 64.0 Å². The van der Waals surface area contributed by atoms with Crippen molar-refractivity contribution in [2.24, 2.45) is 0 Å². The van der Waals surface area contributed by atoms with Gasteiger partial charge in [0, 0.05) is 4.70 Å². The van der Waals surface area contributed by atoms with Crippen LogP contribution >= 0.6 is 0 Å². The van der Waals surface area contributed by atoms with Gasteiger partial charge in [-0.05, 0) is 0 Å². The Kier molecular flexibility index (Phi) is 54.8. The zero-order valence-corrected chi connectivity index (χ0v) is 8.32. The van der Waals surface area contributed by atoms with E-state index in [2.05, 4.69) is 0 Å². The van der Waals surface area contributed by atoms with Crippen LogP contribution in [0.1, 0.15) is 0 Å². The summed E-state index contributed by atoms with van der Waals surface area (Å²) < 4.78 is 17.1. The first kappa shape index (κ1) is 15.9. The van der Waals surface area contributed by atoms with E-state index in [0.717, 1.165) is 0 Å². The summed E-state index contributed by atoms with van der Waals surface area (Å²) in [6.07, 6.45) is 0. The van der Waals surface area contributed by atoms with E-state index in [1.54, 1.807) is 0 Å². The molecule has 0 unspecified atom stereocenters. The van der Waals surface area contributed by atoms with Gasteiger partial charge in [0.05, 0.1) is 0 Å². The summed E-state index contributed by atoms with van der Waals surface area (Å²) in [7, 11) is 0. The molecule has 0 heterocycles. The third-order valence-electron chi connectivity index (χ3n) is 0. The first-order valence-corrected chi connectivity index (χ1v) is 2.45. The Morgan fingerprint density at radius 2 is 1.60 bits per heavy atom. The third-order valence-corrected chi connectivity index (χ3v) is 0. The number of rotatable bonds is 0. The van der Waals surface area contributed by atoms with Gasteiger partial charge in [0.1, 0.15) is 0 Å². The Bertz CT molecular complexity index is 17.1. The number of hydrogen-bond donors (Lipinski definition) is 0. The Morgan fingerprint density at radius 1 is 1.60 bits per heavy atom. The minimum atomic E-state index is -2.19. The van der Waals surface area contributed by atoms with Crippen LogP contribution in [0.5, 0.6) is 0 Å². The standard InChI is InChI=1S/F.GeHO2.K/c;2-1-3;/h;1H;/q;-1;+1. The van der Waals surface area contributed by atoms with E-state index < -0.39 is 15.7 Å². The van der Waals surface area contributed by atoms with Crippen molar-refractivity contribution in [2.45, 2.75) is 0 Å². The summed E-state index contributed by atoms with van der Waals surface area (Å²) in [5, 5.41) is 0. The molecule has 5 heavy (non-hydrogen) atoms. The summed E-state index contributed by atoms with van der Waals surface area (Å²) in [4.78, 5) is 0. The van der Waals surface area contributed by atoms with Gasteiger partial charge in [-0.1, -0.05) is 0 Å². The van der Waals surface area contributed by atoms with Crippen molar-refractivity contribution in [1.29, 1.82) is 0 Å². The van der Waals surface area contributed by atoms with Crippen molar-refractivity contribution in [2.75, 3.05) is 0 Å². The Labute approximate surface area is 78.1 Å². The minimum absolute atomic E-state index is 0.